The van der Waals surface area contributed by atoms with E-state index in [1.54, 1.807) is 0 Å². The quantitative estimate of drug-likeness (QED) is 0.309. The first-order chi connectivity index (χ1) is 17.4. The van der Waals surface area contributed by atoms with Gasteiger partial charge in [0.15, 0.2) is 24.8 Å². The van der Waals surface area contributed by atoms with E-state index in [9.17, 15) is 0 Å². The van der Waals surface area contributed by atoms with Crippen LogP contribution >= 0.6 is 0 Å². The van der Waals surface area contributed by atoms with Gasteiger partial charge in [0.2, 0.25) is 0 Å². The number of fused-ring (bicyclic) bond motifs is 4. The Bertz CT molecular complexity index is 732. The fraction of sp³-hybridized carbons (Fsp3) is 0.697. The maximum Gasteiger partial charge on any atom is 0.171 e. The third kappa shape index (κ3) is 16.8. The molecule has 0 saturated carbocycles. The molecule has 0 aromatic carbocycles. The van der Waals surface area contributed by atoms with Crippen LogP contribution < -0.4 is 45.5 Å². The van der Waals surface area contributed by atoms with Crippen molar-refractivity contribution in [3.05, 3.63) is 60.2 Å². The zero-order chi connectivity index (χ0) is 24.2. The van der Waals surface area contributed by atoms with Gasteiger partial charge in [0.05, 0.1) is 0 Å². The first kappa shape index (κ1) is 34.3. The van der Waals surface area contributed by atoms with Gasteiger partial charge >= 0.3 is 0 Å². The molecule has 0 spiro atoms. The second-order valence-corrected chi connectivity index (χ2v) is 11.1. The predicted molar refractivity (Wildman–Crippen MR) is 148 cm³/mol. The smallest absolute Gasteiger partial charge is 0.171 e. The molecule has 3 rings (SSSR count). The standard InChI is InChI=1S/C33H54N2.ClH.HI/c1-2-6-10-14-18-26-34-28-21-25-33(31-34)23-17-13-9-5-3-7-11-15-19-27-35-29-20-24-32(30-35)22-16-12-8-4-1;;/h20-21,24-25,28-31H,1-19,22-23,26-27H2;2*1H/q+2;;/p-2. The minimum atomic E-state index is 0. The number of pyridine rings is 2. The molecule has 2 nitrogen and oxygen atoms in total. The number of rotatable bonds is 0. The van der Waals surface area contributed by atoms with Gasteiger partial charge in [-0.15, -0.1) is 0 Å². The lowest BCUT2D eigenvalue weighted by Gasteiger charge is -2.04. The van der Waals surface area contributed by atoms with Crippen molar-refractivity contribution >= 4 is 0 Å². The van der Waals surface area contributed by atoms with Crippen molar-refractivity contribution in [1.82, 2.24) is 0 Å². The van der Waals surface area contributed by atoms with Crippen molar-refractivity contribution in [3.8, 4) is 0 Å². The summed E-state index contributed by atoms with van der Waals surface area (Å²) >= 11 is 0. The van der Waals surface area contributed by atoms with Crippen LogP contribution in [-0.2, 0) is 25.9 Å². The van der Waals surface area contributed by atoms with Gasteiger partial charge in [0.25, 0.3) is 0 Å². The van der Waals surface area contributed by atoms with Crippen molar-refractivity contribution < 1.29 is 45.5 Å². The molecule has 4 heteroatoms. The van der Waals surface area contributed by atoms with Crippen LogP contribution in [0, 0.1) is 0 Å². The summed E-state index contributed by atoms with van der Waals surface area (Å²) in [5.74, 6) is 0. The summed E-state index contributed by atoms with van der Waals surface area (Å²) in [7, 11) is 0. The molecule has 0 atom stereocenters. The number of nitrogens with zero attached hydrogens (tertiary/aromatic N) is 2. The van der Waals surface area contributed by atoms with E-state index < -0.39 is 0 Å². The summed E-state index contributed by atoms with van der Waals surface area (Å²) in [6.07, 6.45) is 38.4. The zero-order valence-electron chi connectivity index (χ0n) is 23.5. The molecule has 2 aromatic heterocycles. The molecule has 0 N–H and O–H groups in total. The molecule has 0 aliphatic carbocycles. The molecule has 3 heterocycles. The highest BCUT2D eigenvalue weighted by Gasteiger charge is 2.05. The average molecular weight is 641 g/mol. The second kappa shape index (κ2) is 23.2. The summed E-state index contributed by atoms with van der Waals surface area (Å²) in [4.78, 5) is 0. The van der Waals surface area contributed by atoms with Crippen LogP contribution in [-0.4, -0.2) is 0 Å². The highest BCUT2D eigenvalue weighted by molar-refractivity contribution is 5.05. The monoisotopic (exact) mass is 640 g/mol. The summed E-state index contributed by atoms with van der Waals surface area (Å²) in [5, 5.41) is 0. The zero-order valence-corrected chi connectivity index (χ0v) is 26.4. The molecular weight excluding hydrogens is 587 g/mol. The van der Waals surface area contributed by atoms with Crippen LogP contribution in [0.1, 0.15) is 133 Å². The molecule has 1 aliphatic rings. The molecule has 0 radical (unpaired) electrons. The SMILES string of the molecule is [Cl-].[I-].c1cc2c[n+](c1)CCCCCCCCCCCCc1ccc[n+](c1)CCCCCCCCCCC2. The van der Waals surface area contributed by atoms with E-state index in [0.717, 1.165) is 0 Å². The molecular formula is C33H54ClIN2. The maximum atomic E-state index is 2.43. The molecule has 37 heavy (non-hydrogen) atoms. The van der Waals surface area contributed by atoms with Crippen molar-refractivity contribution in [3.63, 3.8) is 0 Å². The van der Waals surface area contributed by atoms with E-state index in [0.29, 0.717) is 0 Å². The predicted octanol–water partition coefficient (Wildman–Crippen LogP) is 2.48. The van der Waals surface area contributed by atoms with Gasteiger partial charge in [-0.2, -0.15) is 0 Å². The first-order valence-corrected chi connectivity index (χ1v) is 15.4. The third-order valence-electron chi connectivity index (χ3n) is 7.85. The maximum absolute atomic E-state index is 2.43. The van der Waals surface area contributed by atoms with E-state index in [4.69, 9.17) is 0 Å². The Labute approximate surface area is 252 Å². The molecule has 210 valence electrons. The number of hydrogen-bond acceptors (Lipinski definition) is 0. The van der Waals surface area contributed by atoms with E-state index in [2.05, 4.69) is 58.2 Å². The Balaban J connectivity index is 0.00000342. The van der Waals surface area contributed by atoms with Gasteiger partial charge in [-0.3, -0.25) is 0 Å². The Kier molecular flexibility index (Phi) is 21.6. The highest BCUT2D eigenvalue weighted by Crippen LogP contribution is 2.14. The van der Waals surface area contributed by atoms with Crippen molar-refractivity contribution in [1.29, 1.82) is 0 Å². The van der Waals surface area contributed by atoms with Crippen LogP contribution in [0.5, 0.6) is 0 Å². The number of halogens is 2. The summed E-state index contributed by atoms with van der Waals surface area (Å²) in [6.45, 7) is 2.38. The normalized spacial score (nSPS) is 18.6. The van der Waals surface area contributed by atoms with Gasteiger partial charge < -0.3 is 36.4 Å². The van der Waals surface area contributed by atoms with Crippen LogP contribution in [0.25, 0.3) is 0 Å². The topological polar surface area (TPSA) is 7.76 Å². The van der Waals surface area contributed by atoms with E-state index in [1.165, 1.54) is 159 Å². The Hall–Kier alpha value is -0.680. The average Bonchev–Trinajstić information content (AvgIpc) is 2.88. The lowest BCUT2D eigenvalue weighted by Crippen LogP contribution is -3.00. The molecule has 4 bridgehead atoms. The minimum absolute atomic E-state index is 0. The molecule has 1 aliphatic heterocycles. The van der Waals surface area contributed by atoms with Crippen molar-refractivity contribution in [2.45, 2.75) is 148 Å². The van der Waals surface area contributed by atoms with Gasteiger partial charge in [-0.05, 0) is 50.7 Å². The number of aromatic nitrogens is 2. The van der Waals surface area contributed by atoms with Crippen LogP contribution in [0.15, 0.2) is 49.1 Å². The van der Waals surface area contributed by atoms with Gasteiger partial charge in [-0.25, -0.2) is 9.13 Å². The molecule has 0 amide bonds. The van der Waals surface area contributed by atoms with Gasteiger partial charge in [0, 0.05) is 36.1 Å². The first-order valence-electron chi connectivity index (χ1n) is 15.4. The van der Waals surface area contributed by atoms with Crippen LogP contribution in [0.3, 0.4) is 0 Å². The van der Waals surface area contributed by atoms with E-state index in [1.807, 2.05) is 0 Å². The minimum Gasteiger partial charge on any atom is -1.00 e. The largest absolute Gasteiger partial charge is 1.00 e. The van der Waals surface area contributed by atoms with Gasteiger partial charge in [0.1, 0.15) is 13.1 Å². The lowest BCUT2D eigenvalue weighted by atomic mass is 10.0. The Morgan fingerprint density at radius 3 is 1.05 bits per heavy atom. The summed E-state index contributed by atoms with van der Waals surface area (Å²) in [5.41, 5.74) is 3.06. The number of hydrogen-bond donors (Lipinski definition) is 0. The Morgan fingerprint density at radius 1 is 0.405 bits per heavy atom. The summed E-state index contributed by atoms with van der Waals surface area (Å²) < 4.78 is 4.86. The highest BCUT2D eigenvalue weighted by atomic mass is 127. The van der Waals surface area contributed by atoms with E-state index >= 15 is 0 Å². The fourth-order valence-corrected chi connectivity index (χ4v) is 5.63. The second-order valence-electron chi connectivity index (χ2n) is 11.1. The Morgan fingerprint density at radius 2 is 0.703 bits per heavy atom. The fourth-order valence-electron chi connectivity index (χ4n) is 5.63. The third-order valence-corrected chi connectivity index (χ3v) is 7.85. The molecule has 2 aromatic rings. The lowest BCUT2D eigenvalue weighted by molar-refractivity contribution is -0.697. The molecule has 0 fully saturated rings. The van der Waals surface area contributed by atoms with Crippen LogP contribution in [0.2, 0.25) is 0 Å². The van der Waals surface area contributed by atoms with Crippen molar-refractivity contribution in [2.24, 2.45) is 0 Å². The van der Waals surface area contributed by atoms with Crippen LogP contribution in [0.4, 0.5) is 0 Å². The number of aryl methyl sites for hydroxylation is 4. The molecule has 0 unspecified atom stereocenters. The summed E-state index contributed by atoms with van der Waals surface area (Å²) in [6, 6.07) is 9.16. The van der Waals surface area contributed by atoms with E-state index in [-0.39, 0.29) is 36.4 Å². The molecule has 0 saturated heterocycles. The van der Waals surface area contributed by atoms with Gasteiger partial charge in [-0.1, -0.05) is 83.5 Å². The van der Waals surface area contributed by atoms with Crippen molar-refractivity contribution in [2.75, 3.05) is 0 Å².